The van der Waals surface area contributed by atoms with Crippen LogP contribution < -0.4 is 0 Å². The van der Waals surface area contributed by atoms with Gasteiger partial charge in [0.1, 0.15) is 4.75 Å². The predicted molar refractivity (Wildman–Crippen MR) is 51.1 cm³/mol. The largest absolute Gasteiger partial charge is 0.481 e. The van der Waals surface area contributed by atoms with Crippen molar-refractivity contribution in [2.75, 3.05) is 0 Å². The van der Waals surface area contributed by atoms with Crippen molar-refractivity contribution in [2.45, 2.75) is 37.4 Å². The Bertz CT molecular complexity index is 204. The van der Waals surface area contributed by atoms with E-state index >= 15 is 0 Å². The first kappa shape index (κ1) is 12.3. The molecule has 1 unspecified atom stereocenters. The van der Waals surface area contributed by atoms with Crippen LogP contribution in [0.2, 0.25) is 0 Å². The first-order valence-electron chi connectivity index (χ1n) is 4.10. The molecule has 0 heterocycles. The van der Waals surface area contributed by atoms with E-state index in [1.165, 1.54) is 0 Å². The van der Waals surface area contributed by atoms with Crippen LogP contribution in [0.5, 0.6) is 0 Å². The third-order valence-corrected chi connectivity index (χ3v) is 2.36. The molecule has 0 aromatic rings. The Kier molecular flexibility index (Phi) is 4.83. The lowest BCUT2D eigenvalue weighted by Crippen LogP contribution is -2.35. The average molecular weight is 206 g/mol. The van der Waals surface area contributed by atoms with Gasteiger partial charge in [0.05, 0.1) is 6.42 Å². The predicted octanol–water partition coefficient (Wildman–Crippen LogP) is 1.40. The summed E-state index contributed by atoms with van der Waals surface area (Å²) in [5.74, 6) is -2.29. The summed E-state index contributed by atoms with van der Waals surface area (Å²) in [5.41, 5.74) is 0. The van der Waals surface area contributed by atoms with Crippen LogP contribution in [-0.2, 0) is 9.59 Å². The normalized spacial score (nSPS) is 14.9. The molecule has 0 rings (SSSR count). The summed E-state index contributed by atoms with van der Waals surface area (Å²) in [6.07, 6.45) is 1.35. The monoisotopic (exact) mass is 206 g/mol. The van der Waals surface area contributed by atoms with Gasteiger partial charge in [-0.25, -0.2) is 0 Å². The summed E-state index contributed by atoms with van der Waals surface area (Å²) in [7, 11) is 0. The summed E-state index contributed by atoms with van der Waals surface area (Å²) in [5, 5.41) is 17.3. The van der Waals surface area contributed by atoms with Crippen molar-refractivity contribution in [1.82, 2.24) is 0 Å². The van der Waals surface area contributed by atoms with E-state index < -0.39 is 23.1 Å². The molecule has 0 aliphatic carbocycles. The molecule has 0 fully saturated rings. The maximum Gasteiger partial charge on any atom is 0.320 e. The molecule has 4 nitrogen and oxygen atoms in total. The number of unbranched alkanes of at least 4 members (excludes halogenated alkanes) is 1. The van der Waals surface area contributed by atoms with Gasteiger partial charge < -0.3 is 10.2 Å². The van der Waals surface area contributed by atoms with E-state index in [1.807, 2.05) is 6.92 Å². The zero-order valence-corrected chi connectivity index (χ0v) is 8.38. The van der Waals surface area contributed by atoms with Crippen molar-refractivity contribution >= 4 is 24.6 Å². The van der Waals surface area contributed by atoms with Gasteiger partial charge in [0.25, 0.3) is 0 Å². The average Bonchev–Trinajstić information content (AvgIpc) is 1.99. The molecule has 13 heavy (non-hydrogen) atoms. The third-order valence-electron chi connectivity index (χ3n) is 1.79. The first-order chi connectivity index (χ1) is 5.92. The van der Waals surface area contributed by atoms with Crippen molar-refractivity contribution in [3.63, 3.8) is 0 Å². The zero-order valence-electron chi connectivity index (χ0n) is 7.49. The number of carboxylic acid groups (broad SMARTS) is 2. The molecule has 5 heteroatoms. The number of thiol groups is 1. The highest BCUT2D eigenvalue weighted by atomic mass is 32.1. The van der Waals surface area contributed by atoms with E-state index in [0.717, 1.165) is 6.42 Å². The quantitative estimate of drug-likeness (QED) is 0.574. The van der Waals surface area contributed by atoms with Crippen LogP contribution in [0, 0.1) is 0 Å². The fraction of sp³-hybridized carbons (Fsp3) is 0.750. The molecule has 1 atom stereocenters. The molecule has 0 saturated carbocycles. The van der Waals surface area contributed by atoms with Gasteiger partial charge in [-0.15, -0.1) is 0 Å². The summed E-state index contributed by atoms with van der Waals surface area (Å²) in [6, 6.07) is 0. The summed E-state index contributed by atoms with van der Waals surface area (Å²) >= 11 is 3.91. The van der Waals surface area contributed by atoms with Gasteiger partial charge in [0.2, 0.25) is 0 Å². The van der Waals surface area contributed by atoms with E-state index in [1.54, 1.807) is 0 Å². The van der Waals surface area contributed by atoms with Crippen LogP contribution in [0.1, 0.15) is 32.6 Å². The SMILES string of the molecule is CCCCC(S)(CC(=O)O)C(=O)O. The van der Waals surface area contributed by atoms with Crippen LogP contribution >= 0.6 is 12.6 Å². The van der Waals surface area contributed by atoms with Crippen molar-refractivity contribution in [2.24, 2.45) is 0 Å². The standard InChI is InChI=1S/C8H14O4S/c1-2-3-4-8(13,7(11)12)5-6(9)10/h13H,2-5H2,1H3,(H,9,10)(H,11,12). The highest BCUT2D eigenvalue weighted by molar-refractivity contribution is 7.82. The summed E-state index contributed by atoms with van der Waals surface area (Å²) < 4.78 is -1.41. The van der Waals surface area contributed by atoms with Gasteiger partial charge in [0.15, 0.2) is 0 Å². The molecule has 2 N–H and O–H groups in total. The first-order valence-corrected chi connectivity index (χ1v) is 4.54. The highest BCUT2D eigenvalue weighted by Gasteiger charge is 2.36. The molecular weight excluding hydrogens is 192 g/mol. The molecule has 0 spiro atoms. The minimum atomic E-state index is -1.41. The van der Waals surface area contributed by atoms with Crippen molar-refractivity contribution in [3.8, 4) is 0 Å². The second kappa shape index (κ2) is 5.11. The van der Waals surface area contributed by atoms with Crippen molar-refractivity contribution < 1.29 is 19.8 Å². The van der Waals surface area contributed by atoms with Crippen LogP contribution in [-0.4, -0.2) is 26.9 Å². The number of rotatable bonds is 6. The van der Waals surface area contributed by atoms with Gasteiger partial charge in [-0.1, -0.05) is 19.8 Å². The lowest BCUT2D eigenvalue weighted by molar-refractivity contribution is -0.146. The molecule has 0 bridgehead atoms. The molecule has 76 valence electrons. The van der Waals surface area contributed by atoms with Crippen LogP contribution in [0.25, 0.3) is 0 Å². The second-order valence-corrected chi connectivity index (χ2v) is 3.87. The Labute approximate surface area is 82.4 Å². The van der Waals surface area contributed by atoms with E-state index in [9.17, 15) is 9.59 Å². The van der Waals surface area contributed by atoms with Crippen LogP contribution in [0.15, 0.2) is 0 Å². The van der Waals surface area contributed by atoms with Gasteiger partial charge >= 0.3 is 11.9 Å². The maximum atomic E-state index is 10.7. The Morgan fingerprint density at radius 2 is 1.92 bits per heavy atom. The van der Waals surface area contributed by atoms with Crippen LogP contribution in [0.4, 0.5) is 0 Å². The molecule has 0 aliphatic heterocycles. The minimum Gasteiger partial charge on any atom is -0.481 e. The third kappa shape index (κ3) is 4.17. The van der Waals surface area contributed by atoms with Gasteiger partial charge in [0, 0.05) is 0 Å². The molecule has 0 aliphatic rings. The van der Waals surface area contributed by atoms with Crippen molar-refractivity contribution in [1.29, 1.82) is 0 Å². The smallest absolute Gasteiger partial charge is 0.320 e. The molecule has 0 radical (unpaired) electrons. The highest BCUT2D eigenvalue weighted by Crippen LogP contribution is 2.26. The lowest BCUT2D eigenvalue weighted by atomic mass is 9.97. The number of carboxylic acids is 2. The maximum absolute atomic E-state index is 10.7. The number of hydrogen-bond donors (Lipinski definition) is 3. The Balaban J connectivity index is 4.34. The summed E-state index contributed by atoms with van der Waals surface area (Å²) in [4.78, 5) is 21.1. The Morgan fingerprint density at radius 1 is 1.38 bits per heavy atom. The van der Waals surface area contributed by atoms with Gasteiger partial charge in [-0.05, 0) is 6.42 Å². The Morgan fingerprint density at radius 3 is 2.23 bits per heavy atom. The minimum absolute atomic E-state index is 0.286. The van der Waals surface area contributed by atoms with E-state index in [-0.39, 0.29) is 6.42 Å². The molecule has 0 amide bonds. The molecule has 0 aromatic carbocycles. The Hall–Kier alpha value is -0.710. The lowest BCUT2D eigenvalue weighted by Gasteiger charge is -2.20. The fourth-order valence-corrected chi connectivity index (χ4v) is 1.28. The second-order valence-electron chi connectivity index (χ2n) is 3.01. The van der Waals surface area contributed by atoms with E-state index in [0.29, 0.717) is 6.42 Å². The van der Waals surface area contributed by atoms with Gasteiger partial charge in [-0.3, -0.25) is 9.59 Å². The summed E-state index contributed by atoms with van der Waals surface area (Å²) in [6.45, 7) is 1.91. The molecule has 0 saturated heterocycles. The van der Waals surface area contributed by atoms with Gasteiger partial charge in [-0.2, -0.15) is 12.6 Å². The van der Waals surface area contributed by atoms with E-state index in [2.05, 4.69) is 12.6 Å². The fourth-order valence-electron chi connectivity index (χ4n) is 0.990. The zero-order chi connectivity index (χ0) is 10.5. The van der Waals surface area contributed by atoms with E-state index in [4.69, 9.17) is 10.2 Å². The molecular formula is C8H14O4S. The number of aliphatic carboxylic acids is 2. The topological polar surface area (TPSA) is 74.6 Å². The van der Waals surface area contributed by atoms with Crippen LogP contribution in [0.3, 0.4) is 0 Å². The number of hydrogen-bond acceptors (Lipinski definition) is 3. The van der Waals surface area contributed by atoms with Crippen molar-refractivity contribution in [3.05, 3.63) is 0 Å². The molecule has 0 aromatic heterocycles. The number of carbonyl (C=O) groups is 2.